The summed E-state index contributed by atoms with van der Waals surface area (Å²) in [5, 5.41) is 11.9. The van der Waals surface area contributed by atoms with Crippen LogP contribution in [0.2, 0.25) is 0 Å². The van der Waals surface area contributed by atoms with Crippen LogP contribution in [0, 0.1) is 5.92 Å². The van der Waals surface area contributed by atoms with Gasteiger partial charge >= 0.3 is 5.97 Å². The van der Waals surface area contributed by atoms with Crippen molar-refractivity contribution in [1.29, 1.82) is 0 Å². The van der Waals surface area contributed by atoms with Crippen LogP contribution < -0.4 is 5.32 Å². The maximum atomic E-state index is 12.7. The molecule has 1 aromatic carbocycles. The number of hydrogen-bond donors (Lipinski definition) is 2. The molecule has 0 radical (unpaired) electrons. The van der Waals surface area contributed by atoms with Crippen LogP contribution in [-0.4, -0.2) is 53.6 Å². The van der Waals surface area contributed by atoms with Gasteiger partial charge in [0.2, 0.25) is 5.91 Å². The van der Waals surface area contributed by atoms with Crippen molar-refractivity contribution in [3.8, 4) is 0 Å². The molecule has 1 aromatic rings. The van der Waals surface area contributed by atoms with Crippen molar-refractivity contribution in [1.82, 2.24) is 4.90 Å². The number of carbonyl (C=O) groups is 3. The van der Waals surface area contributed by atoms with Gasteiger partial charge in [-0.1, -0.05) is 0 Å². The predicted molar refractivity (Wildman–Crippen MR) is 90.3 cm³/mol. The molecule has 2 atom stereocenters. The van der Waals surface area contributed by atoms with E-state index in [9.17, 15) is 14.4 Å². The molecular formula is C18H22N2O5. The highest BCUT2D eigenvalue weighted by Crippen LogP contribution is 2.30. The number of nitrogens with one attached hydrogen (secondary N) is 1. The largest absolute Gasteiger partial charge is 0.481 e. The van der Waals surface area contributed by atoms with Gasteiger partial charge in [0.25, 0.3) is 5.91 Å². The third-order valence-electron chi connectivity index (χ3n) is 4.73. The van der Waals surface area contributed by atoms with Gasteiger partial charge in [0.15, 0.2) is 0 Å². The second-order valence-electron chi connectivity index (χ2n) is 6.64. The molecule has 7 heteroatoms. The zero-order valence-corrected chi connectivity index (χ0v) is 14.1. The van der Waals surface area contributed by atoms with Gasteiger partial charge in [-0.15, -0.1) is 0 Å². The molecule has 7 nitrogen and oxygen atoms in total. The number of anilines is 1. The Morgan fingerprint density at radius 1 is 1.24 bits per heavy atom. The number of amides is 2. The number of carboxylic acids is 1. The number of hydrogen-bond acceptors (Lipinski definition) is 4. The SMILES string of the molecule is COC1CC(CC(=O)O)N(C(=O)c2ccc(NC(=O)C3CC3)cc2)C1. The fourth-order valence-corrected chi connectivity index (χ4v) is 3.14. The smallest absolute Gasteiger partial charge is 0.305 e. The standard InChI is InChI=1S/C18H22N2O5/c1-25-15-8-14(9-16(21)22)20(10-15)18(24)12-4-6-13(7-5-12)19-17(23)11-2-3-11/h4-7,11,14-15H,2-3,8-10H2,1H3,(H,19,23)(H,21,22). The number of nitrogens with zero attached hydrogens (tertiary/aromatic N) is 1. The van der Waals surface area contributed by atoms with E-state index in [0.717, 1.165) is 12.8 Å². The number of carboxylic acid groups (broad SMARTS) is 1. The fraction of sp³-hybridized carbons (Fsp3) is 0.500. The quantitative estimate of drug-likeness (QED) is 0.818. The summed E-state index contributed by atoms with van der Waals surface area (Å²) >= 11 is 0. The summed E-state index contributed by atoms with van der Waals surface area (Å²) in [4.78, 5) is 37.1. The van der Waals surface area contributed by atoms with Gasteiger partial charge in [-0.2, -0.15) is 0 Å². The molecule has 0 aromatic heterocycles. The van der Waals surface area contributed by atoms with E-state index in [1.807, 2.05) is 0 Å². The average Bonchev–Trinajstić information content (AvgIpc) is 3.36. The minimum Gasteiger partial charge on any atom is -0.481 e. The van der Waals surface area contributed by atoms with Crippen molar-refractivity contribution in [2.24, 2.45) is 5.92 Å². The average molecular weight is 346 g/mol. The van der Waals surface area contributed by atoms with Crippen molar-refractivity contribution >= 4 is 23.5 Å². The first-order chi connectivity index (χ1) is 12.0. The van der Waals surface area contributed by atoms with Crippen LogP contribution in [0.15, 0.2) is 24.3 Å². The Balaban J connectivity index is 1.68. The summed E-state index contributed by atoms with van der Waals surface area (Å²) in [5.41, 5.74) is 1.13. The molecule has 1 saturated heterocycles. The molecule has 0 spiro atoms. The van der Waals surface area contributed by atoms with Crippen molar-refractivity contribution in [2.75, 3.05) is 19.0 Å². The maximum absolute atomic E-state index is 12.7. The van der Waals surface area contributed by atoms with Crippen molar-refractivity contribution in [2.45, 2.75) is 37.8 Å². The van der Waals surface area contributed by atoms with Crippen LogP contribution in [0.1, 0.15) is 36.0 Å². The van der Waals surface area contributed by atoms with E-state index in [4.69, 9.17) is 9.84 Å². The third kappa shape index (κ3) is 4.17. The second-order valence-corrected chi connectivity index (χ2v) is 6.64. The highest BCUT2D eigenvalue weighted by Gasteiger charge is 2.37. The Kier molecular flexibility index (Phi) is 5.03. The predicted octanol–water partition coefficient (Wildman–Crippen LogP) is 1.74. The van der Waals surface area contributed by atoms with Gasteiger partial charge in [-0.05, 0) is 43.5 Å². The lowest BCUT2D eigenvalue weighted by Crippen LogP contribution is -2.37. The summed E-state index contributed by atoms with van der Waals surface area (Å²) in [7, 11) is 1.56. The number of carbonyl (C=O) groups excluding carboxylic acids is 2. The van der Waals surface area contributed by atoms with Crippen molar-refractivity contribution in [3.05, 3.63) is 29.8 Å². The van der Waals surface area contributed by atoms with E-state index in [1.54, 1.807) is 36.3 Å². The normalized spacial score (nSPS) is 22.7. The van der Waals surface area contributed by atoms with Crippen LogP contribution in [0.3, 0.4) is 0 Å². The van der Waals surface area contributed by atoms with Gasteiger partial charge in [0.1, 0.15) is 0 Å². The molecule has 25 heavy (non-hydrogen) atoms. The first kappa shape index (κ1) is 17.4. The Labute approximate surface area is 146 Å². The zero-order valence-electron chi connectivity index (χ0n) is 14.1. The summed E-state index contributed by atoms with van der Waals surface area (Å²) in [5.74, 6) is -1.01. The Hall–Kier alpha value is -2.41. The van der Waals surface area contributed by atoms with E-state index in [2.05, 4.69) is 5.32 Å². The van der Waals surface area contributed by atoms with Gasteiger partial charge < -0.3 is 20.1 Å². The number of aliphatic carboxylic acids is 1. The number of benzene rings is 1. The highest BCUT2D eigenvalue weighted by molar-refractivity contribution is 5.97. The van der Waals surface area contributed by atoms with Crippen LogP contribution in [0.4, 0.5) is 5.69 Å². The van der Waals surface area contributed by atoms with E-state index in [0.29, 0.717) is 24.2 Å². The third-order valence-corrected chi connectivity index (χ3v) is 4.73. The molecule has 2 N–H and O–H groups in total. The summed E-state index contributed by atoms with van der Waals surface area (Å²) < 4.78 is 5.30. The Morgan fingerprint density at radius 2 is 1.92 bits per heavy atom. The molecule has 2 aliphatic rings. The molecule has 2 amide bonds. The maximum Gasteiger partial charge on any atom is 0.305 e. The first-order valence-electron chi connectivity index (χ1n) is 8.44. The number of ether oxygens (including phenoxy) is 1. The second kappa shape index (κ2) is 7.23. The first-order valence-corrected chi connectivity index (χ1v) is 8.44. The monoisotopic (exact) mass is 346 g/mol. The summed E-state index contributed by atoms with van der Waals surface area (Å²) in [6, 6.07) is 6.34. The molecule has 2 fully saturated rings. The van der Waals surface area contributed by atoms with Crippen LogP contribution in [-0.2, 0) is 14.3 Å². The topological polar surface area (TPSA) is 95.9 Å². The molecule has 2 unspecified atom stereocenters. The number of likely N-dealkylation sites (tertiary alicyclic amines) is 1. The molecule has 0 bridgehead atoms. The number of methoxy groups -OCH3 is 1. The molecular weight excluding hydrogens is 324 g/mol. The van der Waals surface area contributed by atoms with Crippen molar-refractivity contribution in [3.63, 3.8) is 0 Å². The molecule has 1 aliphatic heterocycles. The number of rotatable bonds is 6. The van der Waals surface area contributed by atoms with Gasteiger partial charge in [0, 0.05) is 36.9 Å². The van der Waals surface area contributed by atoms with Crippen molar-refractivity contribution < 1.29 is 24.2 Å². The lowest BCUT2D eigenvalue weighted by Gasteiger charge is -2.23. The van der Waals surface area contributed by atoms with E-state index in [1.165, 1.54) is 0 Å². The molecule has 1 aliphatic carbocycles. The zero-order chi connectivity index (χ0) is 18.0. The van der Waals surface area contributed by atoms with E-state index < -0.39 is 5.97 Å². The molecule has 134 valence electrons. The highest BCUT2D eigenvalue weighted by atomic mass is 16.5. The van der Waals surface area contributed by atoms with E-state index in [-0.39, 0.29) is 36.3 Å². The summed E-state index contributed by atoms with van der Waals surface area (Å²) in [6.07, 6.45) is 2.14. The fourth-order valence-electron chi connectivity index (χ4n) is 3.14. The minimum atomic E-state index is -0.933. The lowest BCUT2D eigenvalue weighted by atomic mass is 10.1. The minimum absolute atomic E-state index is 0.0167. The summed E-state index contributed by atoms with van der Waals surface area (Å²) in [6.45, 7) is 0.382. The van der Waals surface area contributed by atoms with Crippen LogP contribution >= 0.6 is 0 Å². The van der Waals surface area contributed by atoms with E-state index >= 15 is 0 Å². The van der Waals surface area contributed by atoms with Crippen LogP contribution in [0.5, 0.6) is 0 Å². The Morgan fingerprint density at radius 3 is 2.48 bits per heavy atom. The lowest BCUT2D eigenvalue weighted by molar-refractivity contribution is -0.138. The van der Waals surface area contributed by atoms with Gasteiger partial charge in [-0.3, -0.25) is 14.4 Å². The van der Waals surface area contributed by atoms with Gasteiger partial charge in [-0.25, -0.2) is 0 Å². The molecule has 1 saturated carbocycles. The molecule has 3 rings (SSSR count). The van der Waals surface area contributed by atoms with Gasteiger partial charge in [0.05, 0.1) is 12.5 Å². The Bertz CT molecular complexity index is 669. The molecule has 1 heterocycles. The van der Waals surface area contributed by atoms with Crippen LogP contribution in [0.25, 0.3) is 0 Å².